The van der Waals surface area contributed by atoms with Gasteiger partial charge < -0.3 is 19.4 Å². The van der Waals surface area contributed by atoms with Gasteiger partial charge in [-0.25, -0.2) is 4.98 Å². The number of benzene rings is 1. The van der Waals surface area contributed by atoms with Crippen molar-refractivity contribution in [1.29, 1.82) is 0 Å². The molecule has 0 bridgehead atoms. The van der Waals surface area contributed by atoms with Crippen LogP contribution in [0.2, 0.25) is 0 Å². The van der Waals surface area contributed by atoms with Crippen LogP contribution in [0.15, 0.2) is 22.6 Å². The van der Waals surface area contributed by atoms with E-state index in [1.54, 1.807) is 6.07 Å². The number of fused-ring (bicyclic) bond motifs is 1. The van der Waals surface area contributed by atoms with E-state index in [1.165, 1.54) is 0 Å². The van der Waals surface area contributed by atoms with Crippen molar-refractivity contribution in [1.82, 2.24) is 15.2 Å². The summed E-state index contributed by atoms with van der Waals surface area (Å²) in [5.41, 5.74) is 1.50. The van der Waals surface area contributed by atoms with Crippen molar-refractivity contribution < 1.29 is 13.9 Å². The Morgan fingerprint density at radius 1 is 1.41 bits per heavy atom. The van der Waals surface area contributed by atoms with Gasteiger partial charge in [-0.3, -0.25) is 4.79 Å². The number of amides is 1. The molecule has 1 N–H and O–H groups in total. The fraction of sp³-hybridized carbons (Fsp3) is 0.500. The van der Waals surface area contributed by atoms with E-state index in [0.29, 0.717) is 17.2 Å². The zero-order valence-electron chi connectivity index (χ0n) is 13.0. The van der Waals surface area contributed by atoms with Crippen molar-refractivity contribution >= 4 is 17.0 Å². The van der Waals surface area contributed by atoms with Crippen LogP contribution in [0.4, 0.5) is 0 Å². The van der Waals surface area contributed by atoms with Crippen molar-refractivity contribution in [2.75, 3.05) is 32.8 Å². The van der Waals surface area contributed by atoms with Gasteiger partial charge in [0.1, 0.15) is 11.3 Å². The third kappa shape index (κ3) is 3.22. The summed E-state index contributed by atoms with van der Waals surface area (Å²) in [5.74, 6) is 1.60. The fourth-order valence-corrected chi connectivity index (χ4v) is 2.41. The van der Waals surface area contributed by atoms with E-state index in [-0.39, 0.29) is 18.4 Å². The van der Waals surface area contributed by atoms with Gasteiger partial charge >= 0.3 is 0 Å². The van der Waals surface area contributed by atoms with Gasteiger partial charge in [-0.2, -0.15) is 0 Å². The quantitative estimate of drug-likeness (QED) is 0.932. The number of nitrogens with one attached hydrogen (secondary N) is 1. The second-order valence-electron chi connectivity index (χ2n) is 5.76. The van der Waals surface area contributed by atoms with E-state index in [4.69, 9.17) is 9.15 Å². The predicted octanol–water partition coefficient (Wildman–Crippen LogP) is 1.76. The maximum absolute atomic E-state index is 12.1. The zero-order chi connectivity index (χ0) is 15.5. The minimum Gasteiger partial charge on any atom is -0.484 e. The summed E-state index contributed by atoms with van der Waals surface area (Å²) in [4.78, 5) is 18.3. The Kier molecular flexibility index (Phi) is 4.29. The summed E-state index contributed by atoms with van der Waals surface area (Å²) in [6.45, 7) is 7.28. The average Bonchev–Trinajstić information content (AvgIpc) is 2.97. The zero-order valence-corrected chi connectivity index (χ0v) is 13.0. The fourth-order valence-electron chi connectivity index (χ4n) is 2.41. The molecule has 0 radical (unpaired) electrons. The lowest BCUT2D eigenvalue weighted by atomic mass is 10.2. The first-order valence-electron chi connectivity index (χ1n) is 7.65. The summed E-state index contributed by atoms with van der Waals surface area (Å²) in [7, 11) is 0. The van der Waals surface area contributed by atoms with Crippen LogP contribution in [0.1, 0.15) is 25.7 Å². The molecule has 2 aromatic rings. The minimum absolute atomic E-state index is 0.0158. The summed E-state index contributed by atoms with van der Waals surface area (Å²) < 4.78 is 11.3. The van der Waals surface area contributed by atoms with Crippen molar-refractivity contribution in [2.24, 2.45) is 0 Å². The molecule has 0 unspecified atom stereocenters. The topological polar surface area (TPSA) is 67.6 Å². The molecule has 0 spiro atoms. The molecule has 3 rings (SSSR count). The Morgan fingerprint density at radius 2 is 2.18 bits per heavy atom. The highest BCUT2D eigenvalue weighted by atomic mass is 16.5. The molecule has 1 fully saturated rings. The van der Waals surface area contributed by atoms with Crippen LogP contribution in [-0.2, 0) is 4.79 Å². The number of aromatic nitrogens is 1. The molecular formula is C16H21N3O3. The second kappa shape index (κ2) is 6.36. The van der Waals surface area contributed by atoms with E-state index in [1.807, 2.05) is 30.9 Å². The first-order valence-corrected chi connectivity index (χ1v) is 7.65. The van der Waals surface area contributed by atoms with E-state index >= 15 is 0 Å². The van der Waals surface area contributed by atoms with E-state index < -0.39 is 0 Å². The highest BCUT2D eigenvalue weighted by Crippen LogP contribution is 2.24. The van der Waals surface area contributed by atoms with E-state index in [0.717, 1.165) is 31.7 Å². The Labute approximate surface area is 129 Å². The molecule has 0 saturated carbocycles. The highest BCUT2D eigenvalue weighted by Gasteiger charge is 2.17. The molecule has 1 aliphatic rings. The predicted molar refractivity (Wildman–Crippen MR) is 83.0 cm³/mol. The molecule has 22 heavy (non-hydrogen) atoms. The van der Waals surface area contributed by atoms with Crippen molar-refractivity contribution in [3.05, 3.63) is 24.1 Å². The Morgan fingerprint density at radius 3 is 2.91 bits per heavy atom. The lowest BCUT2D eigenvalue weighted by Crippen LogP contribution is -2.47. The van der Waals surface area contributed by atoms with E-state index in [9.17, 15) is 4.79 Å². The third-order valence-corrected chi connectivity index (χ3v) is 3.70. The lowest BCUT2D eigenvalue weighted by molar-refractivity contribution is -0.133. The highest BCUT2D eigenvalue weighted by molar-refractivity contribution is 5.78. The molecule has 6 heteroatoms. The van der Waals surface area contributed by atoms with Crippen molar-refractivity contribution in [3.63, 3.8) is 0 Å². The number of hydrogen-bond acceptors (Lipinski definition) is 5. The third-order valence-electron chi connectivity index (χ3n) is 3.70. The first kappa shape index (κ1) is 14.8. The number of hydrogen-bond donors (Lipinski definition) is 1. The number of ether oxygens (including phenoxy) is 1. The van der Waals surface area contributed by atoms with Crippen LogP contribution in [-0.4, -0.2) is 48.6 Å². The maximum atomic E-state index is 12.1. The Bertz CT molecular complexity index is 660. The van der Waals surface area contributed by atoms with Crippen LogP contribution in [0, 0.1) is 0 Å². The molecule has 1 saturated heterocycles. The first-order chi connectivity index (χ1) is 10.6. The number of piperazine rings is 1. The molecule has 1 aromatic heterocycles. The smallest absolute Gasteiger partial charge is 0.260 e. The number of nitrogens with zero attached hydrogens (tertiary/aromatic N) is 2. The van der Waals surface area contributed by atoms with Crippen LogP contribution in [0.5, 0.6) is 5.75 Å². The molecule has 0 atom stereocenters. The van der Waals surface area contributed by atoms with Gasteiger partial charge in [0.25, 0.3) is 5.91 Å². The minimum atomic E-state index is 0.0158. The molecule has 0 aliphatic carbocycles. The average molecular weight is 303 g/mol. The number of carbonyl (C=O) groups excluding carboxylic acids is 1. The van der Waals surface area contributed by atoms with Crippen LogP contribution in [0.25, 0.3) is 11.1 Å². The second-order valence-corrected chi connectivity index (χ2v) is 5.76. The molecule has 1 amide bonds. The summed E-state index contributed by atoms with van der Waals surface area (Å²) in [6.07, 6.45) is 0. The monoisotopic (exact) mass is 303 g/mol. The number of carbonyl (C=O) groups is 1. The van der Waals surface area contributed by atoms with Crippen LogP contribution < -0.4 is 10.1 Å². The Balaban J connectivity index is 1.64. The summed E-state index contributed by atoms with van der Waals surface area (Å²) in [6, 6.07) is 5.47. The molecule has 118 valence electrons. The van der Waals surface area contributed by atoms with Gasteiger partial charge in [-0.1, -0.05) is 13.8 Å². The van der Waals surface area contributed by atoms with Gasteiger partial charge in [0.2, 0.25) is 0 Å². The summed E-state index contributed by atoms with van der Waals surface area (Å²) >= 11 is 0. The normalized spacial score (nSPS) is 15.5. The molecule has 1 aromatic carbocycles. The molecule has 1 aliphatic heterocycles. The maximum Gasteiger partial charge on any atom is 0.260 e. The Hall–Kier alpha value is -2.08. The largest absolute Gasteiger partial charge is 0.484 e. The molecular weight excluding hydrogens is 282 g/mol. The van der Waals surface area contributed by atoms with Gasteiger partial charge in [-0.05, 0) is 12.1 Å². The standard InChI is InChI=1S/C16H21N3O3/c1-11(2)16-18-13-4-3-12(9-14(13)22-16)21-10-15(20)19-7-5-17-6-8-19/h3-4,9,11,17H,5-8,10H2,1-2H3. The SMILES string of the molecule is CC(C)c1nc2ccc(OCC(=O)N3CCNCC3)cc2o1. The number of rotatable bonds is 4. The number of oxazole rings is 1. The van der Waals surface area contributed by atoms with Crippen LogP contribution in [0.3, 0.4) is 0 Å². The molecule has 6 nitrogen and oxygen atoms in total. The van der Waals surface area contributed by atoms with Gasteiger partial charge in [0.15, 0.2) is 18.1 Å². The van der Waals surface area contributed by atoms with Gasteiger partial charge in [-0.15, -0.1) is 0 Å². The lowest BCUT2D eigenvalue weighted by Gasteiger charge is -2.27. The summed E-state index contributed by atoms with van der Waals surface area (Å²) in [5, 5.41) is 3.22. The van der Waals surface area contributed by atoms with Crippen molar-refractivity contribution in [2.45, 2.75) is 19.8 Å². The van der Waals surface area contributed by atoms with Crippen LogP contribution >= 0.6 is 0 Å². The molecule has 2 heterocycles. The van der Waals surface area contributed by atoms with Gasteiger partial charge in [0.05, 0.1) is 0 Å². The van der Waals surface area contributed by atoms with E-state index in [2.05, 4.69) is 10.3 Å². The van der Waals surface area contributed by atoms with Crippen molar-refractivity contribution in [3.8, 4) is 5.75 Å². The van der Waals surface area contributed by atoms with Gasteiger partial charge in [0, 0.05) is 38.2 Å².